The number of carbonyl (C=O) groups excluding carboxylic acids is 1. The minimum absolute atomic E-state index is 0.0302. The first-order chi connectivity index (χ1) is 11.8. The predicted octanol–water partition coefficient (Wildman–Crippen LogP) is 2.59. The number of carbonyl (C=O) groups is 1. The zero-order chi connectivity index (χ0) is 16.8. The second-order valence-corrected chi connectivity index (χ2v) is 5.48. The molecule has 3 aromatic rings. The quantitative estimate of drug-likeness (QED) is 0.701. The van der Waals surface area contributed by atoms with Crippen LogP contribution in [0.3, 0.4) is 0 Å². The van der Waals surface area contributed by atoms with Crippen molar-refractivity contribution in [3.05, 3.63) is 72.6 Å². The topological polar surface area (TPSA) is 81.0 Å². The Labute approximate surface area is 140 Å². The molecule has 1 atom stereocenters. The number of hydrogen-bond donors (Lipinski definition) is 2. The van der Waals surface area contributed by atoms with Crippen molar-refractivity contribution in [3.8, 4) is 16.9 Å². The number of para-hydroxylation sites is 1. The number of ketones is 1. The molecule has 2 aromatic carbocycles. The van der Waals surface area contributed by atoms with E-state index in [2.05, 4.69) is 10.2 Å². The van der Waals surface area contributed by atoms with Crippen LogP contribution < -0.4 is 10.5 Å². The van der Waals surface area contributed by atoms with E-state index in [9.17, 15) is 4.79 Å². The van der Waals surface area contributed by atoms with E-state index in [1.54, 1.807) is 6.20 Å². The number of benzene rings is 2. The Bertz CT molecular complexity index is 768. The van der Waals surface area contributed by atoms with Gasteiger partial charge in [-0.2, -0.15) is 5.10 Å². The molecular formula is C19H19N3O2. The molecule has 0 amide bonds. The average molecular weight is 321 g/mol. The lowest BCUT2D eigenvalue weighted by Crippen LogP contribution is -2.36. The molecule has 0 fully saturated rings. The van der Waals surface area contributed by atoms with Crippen molar-refractivity contribution in [3.63, 3.8) is 0 Å². The largest absolute Gasteiger partial charge is 0.481 e. The Kier molecular flexibility index (Phi) is 5.03. The maximum Gasteiger partial charge on any atom is 0.178 e. The smallest absolute Gasteiger partial charge is 0.178 e. The van der Waals surface area contributed by atoms with Crippen LogP contribution in [0.25, 0.3) is 11.1 Å². The van der Waals surface area contributed by atoms with Crippen LogP contribution in [-0.4, -0.2) is 28.6 Å². The average Bonchev–Trinajstić information content (AvgIpc) is 3.16. The summed E-state index contributed by atoms with van der Waals surface area (Å²) < 4.78 is 5.69. The van der Waals surface area contributed by atoms with Gasteiger partial charge in [0.05, 0.1) is 6.20 Å². The standard InChI is InChI=1S/C19H19N3O2/c20-11-19(24-17-4-2-1-3-5-17)18(23)10-14-6-8-15(9-7-14)16-12-21-22-13-16/h1-9,12-13,19H,10-11,20H2,(H,21,22). The van der Waals surface area contributed by atoms with Gasteiger partial charge in [0.1, 0.15) is 5.75 Å². The fourth-order valence-corrected chi connectivity index (χ4v) is 2.45. The third kappa shape index (κ3) is 3.88. The molecule has 1 unspecified atom stereocenters. The first-order valence-corrected chi connectivity index (χ1v) is 7.79. The van der Waals surface area contributed by atoms with E-state index in [0.717, 1.165) is 16.7 Å². The van der Waals surface area contributed by atoms with Gasteiger partial charge in [0.15, 0.2) is 11.9 Å². The number of hydrogen-bond acceptors (Lipinski definition) is 4. The minimum Gasteiger partial charge on any atom is -0.481 e. The van der Waals surface area contributed by atoms with Gasteiger partial charge in [-0.05, 0) is 23.3 Å². The molecule has 122 valence electrons. The van der Waals surface area contributed by atoms with Crippen molar-refractivity contribution in [2.24, 2.45) is 5.73 Å². The molecule has 0 aliphatic rings. The zero-order valence-corrected chi connectivity index (χ0v) is 13.2. The highest BCUT2D eigenvalue weighted by Crippen LogP contribution is 2.19. The predicted molar refractivity (Wildman–Crippen MR) is 92.6 cm³/mol. The highest BCUT2D eigenvalue weighted by atomic mass is 16.5. The third-order valence-electron chi connectivity index (χ3n) is 3.76. The van der Waals surface area contributed by atoms with Gasteiger partial charge < -0.3 is 10.5 Å². The van der Waals surface area contributed by atoms with E-state index in [1.807, 2.05) is 60.8 Å². The first-order valence-electron chi connectivity index (χ1n) is 7.79. The summed E-state index contributed by atoms with van der Waals surface area (Å²) in [4.78, 5) is 12.4. The van der Waals surface area contributed by atoms with Crippen LogP contribution in [0.15, 0.2) is 67.0 Å². The molecule has 3 N–H and O–H groups in total. The molecule has 5 nitrogen and oxygen atoms in total. The van der Waals surface area contributed by atoms with Gasteiger partial charge in [-0.25, -0.2) is 0 Å². The maximum absolute atomic E-state index is 12.4. The highest BCUT2D eigenvalue weighted by molar-refractivity contribution is 5.86. The monoisotopic (exact) mass is 321 g/mol. The highest BCUT2D eigenvalue weighted by Gasteiger charge is 2.19. The van der Waals surface area contributed by atoms with Crippen LogP contribution in [0.4, 0.5) is 0 Å². The fraction of sp³-hybridized carbons (Fsp3) is 0.158. The number of nitrogens with two attached hydrogens (primary N) is 1. The molecule has 5 heteroatoms. The summed E-state index contributed by atoms with van der Waals surface area (Å²) in [5.74, 6) is 0.619. The van der Waals surface area contributed by atoms with Gasteiger partial charge in [-0.15, -0.1) is 0 Å². The molecule has 24 heavy (non-hydrogen) atoms. The molecule has 0 bridgehead atoms. The van der Waals surface area contributed by atoms with Gasteiger partial charge in [0.2, 0.25) is 0 Å². The Morgan fingerprint density at radius 1 is 1.08 bits per heavy atom. The van der Waals surface area contributed by atoms with Crippen molar-refractivity contribution in [1.82, 2.24) is 10.2 Å². The maximum atomic E-state index is 12.4. The van der Waals surface area contributed by atoms with Crippen molar-refractivity contribution in [1.29, 1.82) is 0 Å². The van der Waals surface area contributed by atoms with Gasteiger partial charge in [-0.1, -0.05) is 42.5 Å². The van der Waals surface area contributed by atoms with E-state index in [0.29, 0.717) is 12.2 Å². The molecule has 1 aromatic heterocycles. The van der Waals surface area contributed by atoms with E-state index < -0.39 is 6.10 Å². The number of aromatic nitrogens is 2. The normalized spacial score (nSPS) is 11.9. The lowest BCUT2D eigenvalue weighted by atomic mass is 10.0. The lowest BCUT2D eigenvalue weighted by Gasteiger charge is -2.16. The van der Waals surface area contributed by atoms with Crippen molar-refractivity contribution in [2.45, 2.75) is 12.5 Å². The van der Waals surface area contributed by atoms with Crippen LogP contribution in [-0.2, 0) is 11.2 Å². The van der Waals surface area contributed by atoms with Gasteiger partial charge in [0, 0.05) is 24.7 Å². The number of ether oxygens (including phenoxy) is 1. The van der Waals surface area contributed by atoms with Crippen LogP contribution >= 0.6 is 0 Å². The molecule has 0 saturated carbocycles. The summed E-state index contributed by atoms with van der Waals surface area (Å²) >= 11 is 0. The Morgan fingerprint density at radius 3 is 2.46 bits per heavy atom. The second kappa shape index (κ2) is 7.57. The van der Waals surface area contributed by atoms with Gasteiger partial charge in [0.25, 0.3) is 0 Å². The number of rotatable bonds is 7. The van der Waals surface area contributed by atoms with E-state index in [-0.39, 0.29) is 12.3 Å². The van der Waals surface area contributed by atoms with Crippen molar-refractivity contribution in [2.75, 3.05) is 6.54 Å². The first kappa shape index (κ1) is 16.0. The molecule has 0 aliphatic heterocycles. The number of H-pyrrole nitrogens is 1. The van der Waals surface area contributed by atoms with Gasteiger partial charge >= 0.3 is 0 Å². The Balaban J connectivity index is 1.64. The SMILES string of the molecule is NCC(Oc1ccccc1)C(=O)Cc1ccc(-c2cn[nH]c2)cc1. The molecule has 0 aliphatic carbocycles. The van der Waals surface area contributed by atoms with Crippen LogP contribution in [0, 0.1) is 0 Å². The number of nitrogens with one attached hydrogen (secondary N) is 1. The molecule has 0 saturated heterocycles. The molecule has 0 radical (unpaired) electrons. The fourth-order valence-electron chi connectivity index (χ4n) is 2.45. The molecule has 1 heterocycles. The van der Waals surface area contributed by atoms with E-state index >= 15 is 0 Å². The Morgan fingerprint density at radius 2 is 1.83 bits per heavy atom. The lowest BCUT2D eigenvalue weighted by molar-refractivity contribution is -0.124. The van der Waals surface area contributed by atoms with Crippen LogP contribution in [0.1, 0.15) is 5.56 Å². The summed E-state index contributed by atoms with van der Waals surface area (Å²) in [5.41, 5.74) is 8.71. The summed E-state index contributed by atoms with van der Waals surface area (Å²) in [6, 6.07) is 17.1. The third-order valence-corrected chi connectivity index (χ3v) is 3.76. The van der Waals surface area contributed by atoms with Crippen LogP contribution in [0.5, 0.6) is 5.75 Å². The summed E-state index contributed by atoms with van der Waals surface area (Å²) in [7, 11) is 0. The summed E-state index contributed by atoms with van der Waals surface area (Å²) in [6.45, 7) is 0.154. The zero-order valence-electron chi connectivity index (χ0n) is 13.2. The van der Waals surface area contributed by atoms with Crippen molar-refractivity contribution < 1.29 is 9.53 Å². The minimum atomic E-state index is -0.638. The van der Waals surface area contributed by atoms with E-state index in [4.69, 9.17) is 10.5 Å². The Hall–Kier alpha value is -2.92. The van der Waals surface area contributed by atoms with Crippen LogP contribution in [0.2, 0.25) is 0 Å². The number of Topliss-reactive ketones (excluding diaryl/α,β-unsaturated/α-hetero) is 1. The van der Waals surface area contributed by atoms with E-state index in [1.165, 1.54) is 0 Å². The molecule has 3 rings (SSSR count). The van der Waals surface area contributed by atoms with Crippen molar-refractivity contribution >= 4 is 5.78 Å². The summed E-state index contributed by atoms with van der Waals surface area (Å²) in [6.07, 6.45) is 3.25. The number of aromatic amines is 1. The summed E-state index contributed by atoms with van der Waals surface area (Å²) in [5, 5.41) is 6.72. The molecule has 0 spiro atoms. The second-order valence-electron chi connectivity index (χ2n) is 5.48. The van der Waals surface area contributed by atoms with Gasteiger partial charge in [-0.3, -0.25) is 9.89 Å². The number of nitrogens with zero attached hydrogens (tertiary/aromatic N) is 1. The molecular weight excluding hydrogens is 302 g/mol.